The molecule has 11 nitrogen and oxygen atoms in total. The molecular weight excluding hydrogens is 456 g/mol. The monoisotopic (exact) mass is 488 g/mol. The summed E-state index contributed by atoms with van der Waals surface area (Å²) in [5.74, 6) is -4.10. The number of halogens is 1. The SMILES string of the molecule is CC(NC(=O)CCC(=O)O)C(=O)NC(C)C(=O)NC(=O)C1CCCN1C(C(=O)CCl)C(C)C. The van der Waals surface area contributed by atoms with Crippen LogP contribution in [0, 0.1) is 5.92 Å². The van der Waals surface area contributed by atoms with Crippen LogP contribution in [0.5, 0.6) is 0 Å². The van der Waals surface area contributed by atoms with Gasteiger partial charge in [-0.3, -0.25) is 39.0 Å². The number of likely N-dealkylation sites (tertiary alicyclic amines) is 1. The van der Waals surface area contributed by atoms with Crippen LogP contribution in [0.3, 0.4) is 0 Å². The van der Waals surface area contributed by atoms with E-state index < -0.39 is 53.8 Å². The van der Waals surface area contributed by atoms with Gasteiger partial charge in [-0.1, -0.05) is 13.8 Å². The van der Waals surface area contributed by atoms with Crippen molar-refractivity contribution in [2.24, 2.45) is 5.92 Å². The molecule has 186 valence electrons. The molecule has 0 aliphatic carbocycles. The summed E-state index contributed by atoms with van der Waals surface area (Å²) < 4.78 is 0. The number of nitrogens with zero attached hydrogens (tertiary/aromatic N) is 1. The number of carboxylic acid groups (broad SMARTS) is 1. The number of nitrogens with one attached hydrogen (secondary N) is 3. The van der Waals surface area contributed by atoms with E-state index in [-0.39, 0.29) is 30.4 Å². The van der Waals surface area contributed by atoms with Crippen molar-refractivity contribution in [1.82, 2.24) is 20.9 Å². The minimum absolute atomic E-state index is 0.0641. The molecule has 4 unspecified atom stereocenters. The van der Waals surface area contributed by atoms with E-state index in [4.69, 9.17) is 16.7 Å². The number of hydrogen-bond donors (Lipinski definition) is 4. The number of ketones is 1. The highest BCUT2D eigenvalue weighted by Crippen LogP contribution is 2.25. The summed E-state index contributed by atoms with van der Waals surface area (Å²) in [5, 5.41) is 15.6. The topological polar surface area (TPSA) is 162 Å². The lowest BCUT2D eigenvalue weighted by molar-refractivity contribution is -0.139. The molecule has 0 radical (unpaired) electrons. The first-order chi connectivity index (χ1) is 15.4. The minimum Gasteiger partial charge on any atom is -0.481 e. The zero-order valence-electron chi connectivity index (χ0n) is 19.4. The Hall–Kier alpha value is -2.53. The van der Waals surface area contributed by atoms with E-state index in [0.717, 1.165) is 0 Å². The molecule has 0 aromatic rings. The Morgan fingerprint density at radius 1 is 0.970 bits per heavy atom. The molecule has 0 aromatic heterocycles. The molecule has 12 heteroatoms. The van der Waals surface area contributed by atoms with Crippen LogP contribution in [-0.4, -0.2) is 82.0 Å². The van der Waals surface area contributed by atoms with Crippen molar-refractivity contribution in [2.45, 2.75) is 77.5 Å². The Bertz CT molecular complexity index is 774. The number of amides is 4. The zero-order chi connectivity index (χ0) is 25.3. The predicted molar refractivity (Wildman–Crippen MR) is 119 cm³/mol. The van der Waals surface area contributed by atoms with Gasteiger partial charge in [0.1, 0.15) is 12.1 Å². The van der Waals surface area contributed by atoms with Gasteiger partial charge in [-0.2, -0.15) is 0 Å². The molecule has 0 saturated carbocycles. The third kappa shape index (κ3) is 8.73. The average molecular weight is 489 g/mol. The number of rotatable bonds is 12. The van der Waals surface area contributed by atoms with Crippen LogP contribution in [0.4, 0.5) is 0 Å². The second-order valence-electron chi connectivity index (χ2n) is 8.45. The molecular formula is C21H33ClN4O7. The largest absolute Gasteiger partial charge is 0.481 e. The van der Waals surface area contributed by atoms with Crippen LogP contribution in [0.15, 0.2) is 0 Å². The van der Waals surface area contributed by atoms with Gasteiger partial charge in [0.25, 0.3) is 0 Å². The first-order valence-electron chi connectivity index (χ1n) is 10.9. The fourth-order valence-electron chi connectivity index (χ4n) is 3.74. The van der Waals surface area contributed by atoms with E-state index in [1.54, 1.807) is 4.90 Å². The van der Waals surface area contributed by atoms with Crippen LogP contribution in [0.25, 0.3) is 0 Å². The maximum absolute atomic E-state index is 12.8. The molecule has 1 fully saturated rings. The smallest absolute Gasteiger partial charge is 0.303 e. The van der Waals surface area contributed by atoms with Gasteiger partial charge in [0, 0.05) is 6.42 Å². The van der Waals surface area contributed by atoms with Gasteiger partial charge >= 0.3 is 5.97 Å². The number of aliphatic carboxylic acids is 1. The number of Topliss-reactive ketones (excluding diaryl/α,β-unsaturated/α-hetero) is 1. The normalized spacial score (nSPS) is 18.8. The summed E-state index contributed by atoms with van der Waals surface area (Å²) in [4.78, 5) is 73.7. The molecule has 1 aliphatic heterocycles. The summed E-state index contributed by atoms with van der Waals surface area (Å²) >= 11 is 5.74. The fraction of sp³-hybridized carbons (Fsp3) is 0.714. The Balaban J connectivity index is 2.65. The van der Waals surface area contributed by atoms with Crippen molar-refractivity contribution >= 4 is 47.0 Å². The maximum Gasteiger partial charge on any atom is 0.303 e. The zero-order valence-corrected chi connectivity index (χ0v) is 20.1. The standard InChI is InChI=1S/C21H33ClN4O7/c1-11(2)18(15(27)10-22)26-9-5-6-14(26)21(33)25-20(32)13(4)24-19(31)12(3)23-16(28)7-8-17(29)30/h11-14,18H,5-10H2,1-4H3,(H,23,28)(H,24,31)(H,29,30)(H,25,32,33). The van der Waals surface area contributed by atoms with Gasteiger partial charge in [0.15, 0.2) is 5.78 Å². The number of hydrogen-bond acceptors (Lipinski definition) is 7. The van der Waals surface area contributed by atoms with E-state index in [1.807, 2.05) is 13.8 Å². The fourth-order valence-corrected chi connectivity index (χ4v) is 3.90. The molecule has 1 aliphatic rings. The van der Waals surface area contributed by atoms with Gasteiger partial charge in [0.05, 0.1) is 24.4 Å². The Kier molecular flexibility index (Phi) is 11.4. The van der Waals surface area contributed by atoms with E-state index in [9.17, 15) is 28.8 Å². The van der Waals surface area contributed by atoms with Crippen LogP contribution < -0.4 is 16.0 Å². The maximum atomic E-state index is 12.8. The lowest BCUT2D eigenvalue weighted by Gasteiger charge is -2.33. The molecule has 1 saturated heterocycles. The summed E-state index contributed by atoms with van der Waals surface area (Å²) in [7, 11) is 0. The van der Waals surface area contributed by atoms with Crippen molar-refractivity contribution in [3.63, 3.8) is 0 Å². The summed E-state index contributed by atoms with van der Waals surface area (Å²) in [6, 6.07) is -3.27. The van der Waals surface area contributed by atoms with Gasteiger partial charge in [-0.15, -0.1) is 11.6 Å². The van der Waals surface area contributed by atoms with Crippen LogP contribution >= 0.6 is 11.6 Å². The average Bonchev–Trinajstić information content (AvgIpc) is 3.20. The van der Waals surface area contributed by atoms with E-state index in [1.165, 1.54) is 13.8 Å². The van der Waals surface area contributed by atoms with Gasteiger partial charge in [0.2, 0.25) is 23.6 Å². The van der Waals surface area contributed by atoms with Crippen molar-refractivity contribution in [3.05, 3.63) is 0 Å². The van der Waals surface area contributed by atoms with E-state index in [2.05, 4.69) is 16.0 Å². The molecule has 4 amide bonds. The molecule has 0 bridgehead atoms. The number of carbonyl (C=O) groups excluding carboxylic acids is 5. The van der Waals surface area contributed by atoms with Gasteiger partial charge in [-0.05, 0) is 39.2 Å². The third-order valence-corrected chi connectivity index (χ3v) is 5.65. The molecule has 1 heterocycles. The molecule has 4 atom stereocenters. The van der Waals surface area contributed by atoms with Crippen LogP contribution in [0.2, 0.25) is 0 Å². The molecule has 4 N–H and O–H groups in total. The molecule has 1 rings (SSSR count). The lowest BCUT2D eigenvalue weighted by Crippen LogP contribution is -2.56. The van der Waals surface area contributed by atoms with Gasteiger partial charge in [-0.25, -0.2) is 0 Å². The highest BCUT2D eigenvalue weighted by atomic mass is 35.5. The highest BCUT2D eigenvalue weighted by Gasteiger charge is 2.40. The van der Waals surface area contributed by atoms with Crippen molar-refractivity contribution < 1.29 is 33.9 Å². The molecule has 33 heavy (non-hydrogen) atoms. The quantitative estimate of drug-likeness (QED) is 0.274. The predicted octanol–water partition coefficient (Wildman–Crippen LogP) is -0.200. The Morgan fingerprint density at radius 3 is 2.12 bits per heavy atom. The van der Waals surface area contributed by atoms with E-state index >= 15 is 0 Å². The summed E-state index contributed by atoms with van der Waals surface area (Å²) in [5.41, 5.74) is 0. The minimum atomic E-state index is -1.13. The second kappa shape index (κ2) is 13.2. The van der Waals surface area contributed by atoms with E-state index in [0.29, 0.717) is 19.4 Å². The number of imide groups is 1. The van der Waals surface area contributed by atoms with Gasteiger partial charge < -0.3 is 15.7 Å². The van der Waals surface area contributed by atoms with Crippen molar-refractivity contribution in [1.29, 1.82) is 0 Å². The number of carbonyl (C=O) groups is 6. The highest BCUT2D eigenvalue weighted by molar-refractivity contribution is 6.28. The molecule has 0 aromatic carbocycles. The first-order valence-corrected chi connectivity index (χ1v) is 11.4. The molecule has 0 spiro atoms. The number of alkyl halides is 1. The second-order valence-corrected chi connectivity index (χ2v) is 8.72. The number of carboxylic acids is 1. The Labute approximate surface area is 198 Å². The van der Waals surface area contributed by atoms with Crippen LogP contribution in [0.1, 0.15) is 53.4 Å². The summed E-state index contributed by atoms with van der Waals surface area (Å²) in [6.07, 6.45) is 0.529. The first kappa shape index (κ1) is 28.5. The summed E-state index contributed by atoms with van der Waals surface area (Å²) in [6.45, 7) is 7.04. The van der Waals surface area contributed by atoms with Crippen molar-refractivity contribution in [2.75, 3.05) is 12.4 Å². The lowest BCUT2D eigenvalue weighted by atomic mass is 9.97. The Morgan fingerprint density at radius 2 is 1.58 bits per heavy atom. The van der Waals surface area contributed by atoms with Crippen LogP contribution in [-0.2, 0) is 28.8 Å². The third-order valence-electron chi connectivity index (χ3n) is 5.38. The van der Waals surface area contributed by atoms with Crippen molar-refractivity contribution in [3.8, 4) is 0 Å².